The minimum atomic E-state index is -3.84. The summed E-state index contributed by atoms with van der Waals surface area (Å²) in [4.78, 5) is 27.3. The Labute approximate surface area is 189 Å². The molecule has 32 heavy (non-hydrogen) atoms. The first-order valence-corrected chi connectivity index (χ1v) is 12.2. The van der Waals surface area contributed by atoms with Crippen molar-refractivity contribution in [1.82, 2.24) is 10.2 Å². The Bertz CT molecular complexity index is 1040. The van der Waals surface area contributed by atoms with Gasteiger partial charge in [-0.05, 0) is 50.1 Å². The summed E-state index contributed by atoms with van der Waals surface area (Å²) < 4.78 is 39.0. The number of rotatable bonds is 10. The van der Waals surface area contributed by atoms with Gasteiger partial charge in [0.05, 0.1) is 11.9 Å². The van der Waals surface area contributed by atoms with E-state index in [9.17, 15) is 22.4 Å². The van der Waals surface area contributed by atoms with Gasteiger partial charge in [-0.3, -0.25) is 13.9 Å². The molecule has 0 saturated carbocycles. The van der Waals surface area contributed by atoms with Gasteiger partial charge in [0.2, 0.25) is 21.8 Å². The van der Waals surface area contributed by atoms with Crippen molar-refractivity contribution in [3.8, 4) is 0 Å². The molecule has 0 spiro atoms. The molecule has 2 aromatic carbocycles. The summed E-state index contributed by atoms with van der Waals surface area (Å²) in [5.74, 6) is -1.38. The number of aryl methyl sites for hydroxylation is 1. The fourth-order valence-corrected chi connectivity index (χ4v) is 4.06. The van der Waals surface area contributed by atoms with Crippen LogP contribution in [-0.4, -0.2) is 50.5 Å². The van der Waals surface area contributed by atoms with Gasteiger partial charge in [0, 0.05) is 13.1 Å². The first-order valence-electron chi connectivity index (χ1n) is 10.4. The summed E-state index contributed by atoms with van der Waals surface area (Å²) in [7, 11) is -3.84. The van der Waals surface area contributed by atoms with Gasteiger partial charge < -0.3 is 10.2 Å². The van der Waals surface area contributed by atoms with Crippen LogP contribution in [0.3, 0.4) is 0 Å². The predicted molar refractivity (Wildman–Crippen MR) is 123 cm³/mol. The second kappa shape index (κ2) is 11.1. The second-order valence-corrected chi connectivity index (χ2v) is 9.63. The molecule has 0 unspecified atom stereocenters. The molecule has 9 heteroatoms. The Morgan fingerprint density at radius 1 is 1.12 bits per heavy atom. The van der Waals surface area contributed by atoms with Crippen molar-refractivity contribution in [2.24, 2.45) is 0 Å². The van der Waals surface area contributed by atoms with E-state index >= 15 is 0 Å². The van der Waals surface area contributed by atoms with Gasteiger partial charge >= 0.3 is 0 Å². The van der Waals surface area contributed by atoms with Crippen LogP contribution in [0.25, 0.3) is 0 Å². The predicted octanol–water partition coefficient (Wildman–Crippen LogP) is 2.84. The zero-order chi connectivity index (χ0) is 23.9. The maximum atomic E-state index is 13.3. The van der Waals surface area contributed by atoms with Gasteiger partial charge in [0.25, 0.3) is 0 Å². The average molecular weight is 464 g/mol. The van der Waals surface area contributed by atoms with Crippen LogP contribution < -0.4 is 9.62 Å². The van der Waals surface area contributed by atoms with Gasteiger partial charge in [0.1, 0.15) is 18.4 Å². The van der Waals surface area contributed by atoms with Crippen molar-refractivity contribution in [2.45, 2.75) is 39.8 Å². The molecular formula is C23H30FN3O4S. The molecule has 1 atom stereocenters. The lowest BCUT2D eigenvalue weighted by atomic mass is 10.1. The smallest absolute Gasteiger partial charge is 0.244 e. The third-order valence-electron chi connectivity index (χ3n) is 4.95. The van der Waals surface area contributed by atoms with Gasteiger partial charge in [-0.25, -0.2) is 12.8 Å². The summed E-state index contributed by atoms with van der Waals surface area (Å²) in [6.45, 7) is 5.56. The molecule has 174 valence electrons. The normalized spacial score (nSPS) is 12.2. The first kappa shape index (κ1) is 25.3. The highest BCUT2D eigenvalue weighted by Crippen LogP contribution is 2.19. The van der Waals surface area contributed by atoms with Gasteiger partial charge in [0.15, 0.2) is 0 Å². The molecule has 2 rings (SSSR count). The van der Waals surface area contributed by atoms with E-state index in [0.29, 0.717) is 6.54 Å². The molecule has 0 bridgehead atoms. The summed E-state index contributed by atoms with van der Waals surface area (Å²) >= 11 is 0. The van der Waals surface area contributed by atoms with E-state index in [-0.39, 0.29) is 18.1 Å². The molecule has 0 aromatic heterocycles. The van der Waals surface area contributed by atoms with Crippen LogP contribution in [0.2, 0.25) is 0 Å². The summed E-state index contributed by atoms with van der Waals surface area (Å²) in [5, 5.41) is 2.78. The molecule has 0 fully saturated rings. The molecule has 0 aliphatic heterocycles. The Morgan fingerprint density at radius 3 is 2.34 bits per heavy atom. The topological polar surface area (TPSA) is 86.8 Å². The number of nitrogens with one attached hydrogen (secondary N) is 1. The molecule has 0 aliphatic rings. The zero-order valence-corrected chi connectivity index (χ0v) is 19.7. The number of sulfonamides is 1. The quantitative estimate of drug-likeness (QED) is 0.587. The molecular weight excluding hydrogens is 433 g/mol. The monoisotopic (exact) mass is 463 g/mol. The number of hydrogen-bond acceptors (Lipinski definition) is 4. The number of carbonyl (C=O) groups excluding carboxylic acids is 2. The van der Waals surface area contributed by atoms with E-state index in [1.807, 2.05) is 38.1 Å². The van der Waals surface area contributed by atoms with E-state index in [4.69, 9.17) is 0 Å². The summed E-state index contributed by atoms with van der Waals surface area (Å²) in [6.07, 6.45) is 1.72. The number of halogens is 1. The number of amides is 2. The standard InChI is InChI=1S/C23H30FN3O4S/c1-5-13-25-23(29)18(3)26(15-19-8-6-7-17(2)14-19)22(28)16-27(32(4,30)31)21-11-9-20(24)10-12-21/h6-12,14,18H,5,13,15-16H2,1-4H3,(H,25,29)/t18-/m1/s1. The third-order valence-corrected chi connectivity index (χ3v) is 6.09. The fraction of sp³-hybridized carbons (Fsp3) is 0.391. The number of anilines is 1. The van der Waals surface area contributed by atoms with Crippen molar-refractivity contribution in [3.05, 3.63) is 65.5 Å². The second-order valence-electron chi connectivity index (χ2n) is 7.72. The first-order chi connectivity index (χ1) is 15.0. The largest absolute Gasteiger partial charge is 0.354 e. The van der Waals surface area contributed by atoms with Gasteiger partial charge in [-0.15, -0.1) is 0 Å². The van der Waals surface area contributed by atoms with E-state index in [0.717, 1.165) is 40.2 Å². The van der Waals surface area contributed by atoms with Crippen molar-refractivity contribution in [3.63, 3.8) is 0 Å². The SMILES string of the molecule is CCCNC(=O)[C@@H](C)N(Cc1cccc(C)c1)C(=O)CN(c1ccc(F)cc1)S(C)(=O)=O. The van der Waals surface area contributed by atoms with Crippen molar-refractivity contribution < 1.29 is 22.4 Å². The van der Waals surface area contributed by atoms with Crippen LogP contribution in [0.5, 0.6) is 0 Å². The molecule has 2 aromatic rings. The lowest BCUT2D eigenvalue weighted by Gasteiger charge is -2.31. The average Bonchev–Trinajstić information content (AvgIpc) is 2.73. The van der Waals surface area contributed by atoms with Crippen LogP contribution in [0, 0.1) is 12.7 Å². The maximum Gasteiger partial charge on any atom is 0.244 e. The zero-order valence-electron chi connectivity index (χ0n) is 18.8. The summed E-state index contributed by atoms with van der Waals surface area (Å²) in [6, 6.07) is 11.6. The molecule has 7 nitrogen and oxygen atoms in total. The molecule has 1 N–H and O–H groups in total. The Balaban J connectivity index is 2.35. The van der Waals surface area contributed by atoms with E-state index in [1.54, 1.807) is 6.92 Å². The number of benzene rings is 2. The van der Waals surface area contributed by atoms with E-state index in [2.05, 4.69) is 5.32 Å². The van der Waals surface area contributed by atoms with Crippen molar-refractivity contribution in [2.75, 3.05) is 23.7 Å². The van der Waals surface area contributed by atoms with Crippen molar-refractivity contribution >= 4 is 27.5 Å². The van der Waals surface area contributed by atoms with E-state index < -0.39 is 34.3 Å². The molecule has 2 amide bonds. The molecule has 0 saturated heterocycles. The van der Waals surface area contributed by atoms with Gasteiger partial charge in [-0.2, -0.15) is 0 Å². The Morgan fingerprint density at radius 2 is 1.78 bits per heavy atom. The molecule has 0 aliphatic carbocycles. The minimum Gasteiger partial charge on any atom is -0.354 e. The van der Waals surface area contributed by atoms with Crippen LogP contribution in [0.4, 0.5) is 10.1 Å². The molecule has 0 radical (unpaired) electrons. The highest BCUT2D eigenvalue weighted by Gasteiger charge is 2.30. The highest BCUT2D eigenvalue weighted by molar-refractivity contribution is 7.92. The Kier molecular flexibility index (Phi) is 8.77. The lowest BCUT2D eigenvalue weighted by molar-refractivity contribution is -0.139. The van der Waals surface area contributed by atoms with E-state index in [1.165, 1.54) is 17.0 Å². The van der Waals surface area contributed by atoms with Gasteiger partial charge in [-0.1, -0.05) is 36.8 Å². The summed E-state index contributed by atoms with van der Waals surface area (Å²) in [5.41, 5.74) is 1.99. The molecule has 0 heterocycles. The van der Waals surface area contributed by atoms with Crippen LogP contribution in [-0.2, 0) is 26.2 Å². The van der Waals surface area contributed by atoms with Crippen molar-refractivity contribution in [1.29, 1.82) is 0 Å². The fourth-order valence-electron chi connectivity index (χ4n) is 3.21. The Hall–Kier alpha value is -2.94. The maximum absolute atomic E-state index is 13.3. The van der Waals surface area contributed by atoms with Crippen LogP contribution in [0.15, 0.2) is 48.5 Å². The number of carbonyl (C=O) groups is 2. The number of nitrogens with zero attached hydrogens (tertiary/aromatic N) is 2. The lowest BCUT2D eigenvalue weighted by Crippen LogP contribution is -2.51. The van der Waals surface area contributed by atoms with Crippen LogP contribution in [0.1, 0.15) is 31.4 Å². The van der Waals surface area contributed by atoms with Crippen LogP contribution >= 0.6 is 0 Å². The third kappa shape index (κ3) is 7.05. The highest BCUT2D eigenvalue weighted by atomic mass is 32.2. The number of hydrogen-bond donors (Lipinski definition) is 1. The minimum absolute atomic E-state index is 0.141.